The molecule has 1 N–H and O–H groups in total. The minimum absolute atomic E-state index is 0.115. The highest BCUT2D eigenvalue weighted by Gasteiger charge is 2.11. The molecule has 0 spiro atoms. The van der Waals surface area contributed by atoms with Crippen LogP contribution in [-0.2, 0) is 6.61 Å². The molecule has 0 saturated heterocycles. The molecule has 3 aromatic rings. The summed E-state index contributed by atoms with van der Waals surface area (Å²) in [7, 11) is 0. The molecule has 1 aromatic heterocycles. The van der Waals surface area contributed by atoms with Gasteiger partial charge in [0.1, 0.15) is 17.9 Å². The number of ether oxygens (including phenoxy) is 1. The summed E-state index contributed by atoms with van der Waals surface area (Å²) in [6.45, 7) is 0.500. The first-order chi connectivity index (χ1) is 9.24. The number of furan rings is 1. The second kappa shape index (κ2) is 4.97. The van der Waals surface area contributed by atoms with Crippen molar-refractivity contribution in [2.45, 2.75) is 6.61 Å². The summed E-state index contributed by atoms with van der Waals surface area (Å²) in [6, 6.07) is 15.3. The van der Waals surface area contributed by atoms with Crippen molar-refractivity contribution in [2.75, 3.05) is 0 Å². The predicted octanol–water partition coefficient (Wildman–Crippen LogP) is 4.48. The van der Waals surface area contributed by atoms with Gasteiger partial charge in [-0.05, 0) is 33.6 Å². The van der Waals surface area contributed by atoms with Crippen molar-refractivity contribution in [1.29, 1.82) is 0 Å². The van der Waals surface area contributed by atoms with Gasteiger partial charge >= 0.3 is 0 Å². The first-order valence-corrected chi connectivity index (χ1v) is 6.61. The largest absolute Gasteiger partial charge is 0.503 e. The zero-order chi connectivity index (χ0) is 13.2. The Morgan fingerprint density at radius 2 is 1.89 bits per heavy atom. The number of rotatable bonds is 3. The number of hydrogen-bond donors (Lipinski definition) is 1. The molecule has 0 bridgehead atoms. The third-order valence-corrected chi connectivity index (χ3v) is 3.38. The smallest absolute Gasteiger partial charge is 0.212 e. The Labute approximate surface area is 118 Å². The van der Waals surface area contributed by atoms with Crippen molar-refractivity contribution < 1.29 is 14.3 Å². The molecule has 3 rings (SSSR count). The molecule has 2 aromatic carbocycles. The van der Waals surface area contributed by atoms with E-state index in [4.69, 9.17) is 9.15 Å². The topological polar surface area (TPSA) is 42.6 Å². The Kier molecular flexibility index (Phi) is 3.17. The summed E-state index contributed by atoms with van der Waals surface area (Å²) < 4.78 is 11.4. The molecule has 3 nitrogen and oxygen atoms in total. The molecule has 0 amide bonds. The monoisotopic (exact) mass is 318 g/mol. The number of benzene rings is 2. The Balaban J connectivity index is 1.82. The lowest BCUT2D eigenvalue weighted by molar-refractivity contribution is 0.306. The second-order valence-corrected chi connectivity index (χ2v) is 4.88. The van der Waals surface area contributed by atoms with Crippen LogP contribution in [0.2, 0.25) is 0 Å². The summed E-state index contributed by atoms with van der Waals surface area (Å²) in [5.41, 5.74) is 1.70. The summed E-state index contributed by atoms with van der Waals surface area (Å²) >= 11 is 3.15. The van der Waals surface area contributed by atoms with Crippen LogP contribution in [0.1, 0.15) is 5.56 Å². The Bertz CT molecular complexity index is 704. The summed E-state index contributed by atoms with van der Waals surface area (Å²) in [5.74, 6) is 0.821. The molecule has 0 radical (unpaired) electrons. The zero-order valence-corrected chi connectivity index (χ0v) is 11.6. The van der Waals surface area contributed by atoms with Gasteiger partial charge in [-0.2, -0.15) is 0 Å². The van der Waals surface area contributed by atoms with Crippen LogP contribution >= 0.6 is 15.9 Å². The lowest BCUT2D eigenvalue weighted by Gasteiger charge is -2.05. The fourth-order valence-corrected chi connectivity index (χ4v) is 2.25. The number of halogens is 1. The van der Waals surface area contributed by atoms with Crippen molar-refractivity contribution in [2.24, 2.45) is 0 Å². The van der Waals surface area contributed by atoms with Crippen molar-refractivity contribution in [1.82, 2.24) is 0 Å². The van der Waals surface area contributed by atoms with Crippen molar-refractivity contribution >= 4 is 26.9 Å². The van der Waals surface area contributed by atoms with Crippen LogP contribution in [0.15, 0.2) is 57.6 Å². The van der Waals surface area contributed by atoms with E-state index in [9.17, 15) is 5.11 Å². The minimum Gasteiger partial charge on any atom is -0.503 e. The van der Waals surface area contributed by atoms with E-state index in [2.05, 4.69) is 15.9 Å². The van der Waals surface area contributed by atoms with Crippen LogP contribution in [0.25, 0.3) is 11.0 Å². The maximum Gasteiger partial charge on any atom is 0.212 e. The molecule has 1 heterocycles. The maximum atomic E-state index is 9.72. The molecule has 0 atom stereocenters. The highest BCUT2D eigenvalue weighted by atomic mass is 79.9. The van der Waals surface area contributed by atoms with Crippen LogP contribution in [0.5, 0.6) is 11.5 Å². The van der Waals surface area contributed by atoms with Crippen LogP contribution in [0, 0.1) is 0 Å². The lowest BCUT2D eigenvalue weighted by atomic mass is 10.2. The predicted molar refractivity (Wildman–Crippen MR) is 76.4 cm³/mol. The van der Waals surface area contributed by atoms with Gasteiger partial charge in [0, 0.05) is 6.07 Å². The SMILES string of the molecule is Oc1c(Br)oc2cc(OCc3ccccc3)ccc12. The Morgan fingerprint density at radius 1 is 1.11 bits per heavy atom. The van der Waals surface area contributed by atoms with E-state index in [1.165, 1.54) is 0 Å². The van der Waals surface area contributed by atoms with E-state index in [1.54, 1.807) is 12.1 Å². The fourth-order valence-electron chi connectivity index (χ4n) is 1.86. The van der Waals surface area contributed by atoms with Crippen molar-refractivity contribution in [3.8, 4) is 11.5 Å². The van der Waals surface area contributed by atoms with Crippen LogP contribution in [-0.4, -0.2) is 5.11 Å². The fraction of sp³-hybridized carbons (Fsp3) is 0.0667. The van der Waals surface area contributed by atoms with Gasteiger partial charge in [-0.3, -0.25) is 0 Å². The van der Waals surface area contributed by atoms with Crippen LogP contribution in [0.4, 0.5) is 0 Å². The molecule has 0 saturated carbocycles. The maximum absolute atomic E-state index is 9.72. The van der Waals surface area contributed by atoms with E-state index >= 15 is 0 Å². The molecule has 0 fully saturated rings. The van der Waals surface area contributed by atoms with Gasteiger partial charge in [-0.1, -0.05) is 30.3 Å². The third kappa shape index (κ3) is 2.44. The minimum atomic E-state index is 0.115. The van der Waals surface area contributed by atoms with E-state index in [1.807, 2.05) is 36.4 Å². The normalized spacial score (nSPS) is 10.8. The second-order valence-electron chi connectivity index (χ2n) is 4.16. The molecule has 0 unspecified atom stereocenters. The quantitative estimate of drug-likeness (QED) is 0.774. The standard InChI is InChI=1S/C15H11BrO3/c16-15-14(17)12-7-6-11(8-13(12)19-15)18-9-10-4-2-1-3-5-10/h1-8,17H,9H2. The number of aromatic hydroxyl groups is 1. The average Bonchev–Trinajstić information content (AvgIpc) is 2.73. The van der Waals surface area contributed by atoms with E-state index in [0.717, 1.165) is 5.56 Å². The molecular weight excluding hydrogens is 308 g/mol. The molecule has 0 aliphatic carbocycles. The van der Waals surface area contributed by atoms with E-state index in [0.29, 0.717) is 28.0 Å². The highest BCUT2D eigenvalue weighted by molar-refractivity contribution is 9.10. The van der Waals surface area contributed by atoms with Gasteiger partial charge < -0.3 is 14.3 Å². The van der Waals surface area contributed by atoms with E-state index < -0.39 is 0 Å². The highest BCUT2D eigenvalue weighted by Crippen LogP contribution is 2.37. The molecular formula is C15H11BrO3. The summed E-state index contributed by atoms with van der Waals surface area (Å²) in [6.07, 6.45) is 0. The average molecular weight is 319 g/mol. The van der Waals surface area contributed by atoms with Crippen LogP contribution in [0.3, 0.4) is 0 Å². The third-order valence-electron chi connectivity index (χ3n) is 2.84. The summed E-state index contributed by atoms with van der Waals surface area (Å²) in [4.78, 5) is 0. The number of fused-ring (bicyclic) bond motifs is 1. The molecule has 0 aliphatic heterocycles. The number of hydrogen-bond acceptors (Lipinski definition) is 3. The van der Waals surface area contributed by atoms with Crippen molar-refractivity contribution in [3.05, 3.63) is 58.8 Å². The lowest BCUT2D eigenvalue weighted by Crippen LogP contribution is -1.94. The molecule has 96 valence electrons. The van der Waals surface area contributed by atoms with Gasteiger partial charge in [-0.25, -0.2) is 0 Å². The zero-order valence-electron chi connectivity index (χ0n) is 9.97. The van der Waals surface area contributed by atoms with Gasteiger partial charge in [-0.15, -0.1) is 0 Å². The molecule has 0 aliphatic rings. The van der Waals surface area contributed by atoms with E-state index in [-0.39, 0.29) is 5.75 Å². The molecule has 4 heteroatoms. The van der Waals surface area contributed by atoms with Gasteiger partial charge in [0.05, 0.1) is 5.39 Å². The first-order valence-electron chi connectivity index (χ1n) is 5.82. The molecule has 19 heavy (non-hydrogen) atoms. The van der Waals surface area contributed by atoms with Crippen LogP contribution < -0.4 is 4.74 Å². The van der Waals surface area contributed by atoms with Gasteiger partial charge in [0.2, 0.25) is 4.67 Å². The van der Waals surface area contributed by atoms with Crippen molar-refractivity contribution in [3.63, 3.8) is 0 Å². The summed E-state index contributed by atoms with van der Waals surface area (Å²) in [5, 5.41) is 10.4. The Morgan fingerprint density at radius 3 is 2.68 bits per heavy atom. The van der Waals surface area contributed by atoms with Gasteiger partial charge in [0.15, 0.2) is 5.75 Å². The van der Waals surface area contributed by atoms with Gasteiger partial charge in [0.25, 0.3) is 0 Å². The Hall–Kier alpha value is -1.94. The first kappa shape index (κ1) is 12.1.